The summed E-state index contributed by atoms with van der Waals surface area (Å²) in [6.07, 6.45) is -3.43. The second kappa shape index (κ2) is 15.6. The van der Waals surface area contributed by atoms with E-state index in [0.29, 0.717) is 0 Å². The van der Waals surface area contributed by atoms with Crippen molar-refractivity contribution in [3.8, 4) is 0 Å². The number of primary amides is 2. The highest BCUT2D eigenvalue weighted by Gasteiger charge is 2.31. The third kappa shape index (κ3) is 13.4. The summed E-state index contributed by atoms with van der Waals surface area (Å²) in [4.78, 5) is 92.8. The molecule has 0 aliphatic carbocycles. The number of aliphatic carboxylic acids is 3. The number of carbonyl (C=O) groups is 8. The van der Waals surface area contributed by atoms with E-state index in [4.69, 9.17) is 27.4 Å². The van der Waals surface area contributed by atoms with Crippen molar-refractivity contribution in [2.75, 3.05) is 0 Å². The SMILES string of the molecule is NC(=O)CCC(NC(=O)C(CCC(=O)O)NC(=O)C(CC(N)=O)NC(=O)C(N)CCC(=O)O)C(=O)O. The minimum atomic E-state index is -1.67. The van der Waals surface area contributed by atoms with Crippen molar-refractivity contribution >= 4 is 47.4 Å². The van der Waals surface area contributed by atoms with Gasteiger partial charge in [0, 0.05) is 19.3 Å². The summed E-state index contributed by atoms with van der Waals surface area (Å²) in [6, 6.07) is -6.26. The Hall–Kier alpha value is -4.28. The van der Waals surface area contributed by atoms with Gasteiger partial charge in [0.15, 0.2) is 0 Å². The molecule has 5 amide bonds. The van der Waals surface area contributed by atoms with E-state index in [1.165, 1.54) is 0 Å². The zero-order chi connectivity index (χ0) is 28.0. The summed E-state index contributed by atoms with van der Waals surface area (Å²) in [5.74, 6) is -9.25. The fourth-order valence-electron chi connectivity index (χ4n) is 2.72. The maximum Gasteiger partial charge on any atom is 0.326 e. The predicted molar refractivity (Wildman–Crippen MR) is 117 cm³/mol. The van der Waals surface area contributed by atoms with E-state index in [1.807, 2.05) is 0 Å². The van der Waals surface area contributed by atoms with Crippen molar-refractivity contribution in [1.82, 2.24) is 16.0 Å². The number of nitrogens with two attached hydrogens (primary N) is 3. The number of carbonyl (C=O) groups excluding carboxylic acids is 5. The van der Waals surface area contributed by atoms with Gasteiger partial charge in [0.2, 0.25) is 29.5 Å². The molecule has 4 atom stereocenters. The second-order valence-electron chi connectivity index (χ2n) is 7.67. The third-order valence-corrected chi connectivity index (χ3v) is 4.62. The summed E-state index contributed by atoms with van der Waals surface area (Å²) in [6.45, 7) is 0. The lowest BCUT2D eigenvalue weighted by Crippen LogP contribution is -2.57. The Kier molecular flexibility index (Phi) is 13.7. The summed E-state index contributed by atoms with van der Waals surface area (Å²) >= 11 is 0. The number of hydrogen-bond donors (Lipinski definition) is 9. The molecule has 0 fully saturated rings. The lowest BCUT2D eigenvalue weighted by molar-refractivity contribution is -0.143. The van der Waals surface area contributed by atoms with Crippen molar-refractivity contribution < 1.29 is 53.7 Å². The van der Waals surface area contributed by atoms with Crippen LogP contribution in [0.2, 0.25) is 0 Å². The van der Waals surface area contributed by atoms with Gasteiger partial charge < -0.3 is 48.5 Å². The molecule has 17 heteroatoms. The Morgan fingerprint density at radius 1 is 0.583 bits per heavy atom. The Balaban J connectivity index is 5.59. The van der Waals surface area contributed by atoms with Crippen LogP contribution < -0.4 is 33.2 Å². The first-order valence-electron chi connectivity index (χ1n) is 10.5. The molecule has 17 nitrogen and oxygen atoms in total. The average Bonchev–Trinajstić information content (AvgIpc) is 2.75. The van der Waals surface area contributed by atoms with E-state index >= 15 is 0 Å². The van der Waals surface area contributed by atoms with Gasteiger partial charge in [-0.3, -0.25) is 33.6 Å². The van der Waals surface area contributed by atoms with Gasteiger partial charge in [0.05, 0.1) is 12.5 Å². The van der Waals surface area contributed by atoms with Gasteiger partial charge in [0.25, 0.3) is 0 Å². The molecule has 0 aromatic carbocycles. The highest BCUT2D eigenvalue weighted by atomic mass is 16.4. The largest absolute Gasteiger partial charge is 0.481 e. The molecule has 4 unspecified atom stereocenters. The molecule has 0 heterocycles. The molecule has 0 saturated carbocycles. The smallest absolute Gasteiger partial charge is 0.326 e. The molecular formula is C19H30N6O11. The van der Waals surface area contributed by atoms with Crippen LogP contribution in [0, 0.1) is 0 Å². The lowest BCUT2D eigenvalue weighted by atomic mass is 10.1. The molecule has 0 spiro atoms. The summed E-state index contributed by atoms with van der Waals surface area (Å²) in [5.41, 5.74) is 15.6. The minimum absolute atomic E-state index is 0.294. The summed E-state index contributed by atoms with van der Waals surface area (Å²) in [7, 11) is 0. The molecule has 0 aromatic rings. The summed E-state index contributed by atoms with van der Waals surface area (Å²) in [5, 5.41) is 33.1. The van der Waals surface area contributed by atoms with Gasteiger partial charge in [-0.25, -0.2) is 4.79 Å². The molecule has 0 saturated heterocycles. The molecule has 0 rings (SSSR count). The lowest BCUT2D eigenvalue weighted by Gasteiger charge is -2.24. The van der Waals surface area contributed by atoms with Gasteiger partial charge in [-0.1, -0.05) is 0 Å². The van der Waals surface area contributed by atoms with E-state index in [1.54, 1.807) is 0 Å². The van der Waals surface area contributed by atoms with E-state index in [2.05, 4.69) is 16.0 Å². The van der Waals surface area contributed by atoms with Crippen molar-refractivity contribution in [3.63, 3.8) is 0 Å². The Morgan fingerprint density at radius 3 is 1.50 bits per heavy atom. The van der Waals surface area contributed by atoms with Gasteiger partial charge in [0.1, 0.15) is 18.1 Å². The predicted octanol–water partition coefficient (Wildman–Crippen LogP) is -4.28. The van der Waals surface area contributed by atoms with Crippen LogP contribution in [-0.2, 0) is 38.4 Å². The molecule has 0 aliphatic heterocycles. The molecular weight excluding hydrogens is 488 g/mol. The molecule has 0 aliphatic rings. The van der Waals surface area contributed by atoms with Crippen LogP contribution in [-0.4, -0.2) is 86.9 Å². The number of rotatable bonds is 18. The molecule has 202 valence electrons. The zero-order valence-corrected chi connectivity index (χ0v) is 19.1. The quantitative estimate of drug-likeness (QED) is 0.0832. The number of carboxylic acids is 3. The fraction of sp³-hybridized carbons (Fsp3) is 0.579. The van der Waals surface area contributed by atoms with E-state index in [0.717, 1.165) is 0 Å². The van der Waals surface area contributed by atoms with E-state index in [-0.39, 0.29) is 12.8 Å². The van der Waals surface area contributed by atoms with Crippen LogP contribution in [0.25, 0.3) is 0 Å². The first kappa shape index (κ1) is 31.7. The van der Waals surface area contributed by atoms with E-state index in [9.17, 15) is 43.5 Å². The normalized spacial score (nSPS) is 13.8. The van der Waals surface area contributed by atoms with Crippen molar-refractivity contribution in [2.45, 2.75) is 69.1 Å². The standard InChI is InChI=1S/C19H30N6O11/c20-8(1-5-14(28)29)16(32)25-11(7-13(22)27)18(34)23-9(3-6-15(30)31)17(33)24-10(19(35)36)2-4-12(21)26/h8-11H,1-7,20H2,(H2,21,26)(H2,22,27)(H,23,34)(H,24,33)(H,25,32)(H,28,29)(H,30,31)(H,35,36). The molecule has 0 radical (unpaired) electrons. The van der Waals surface area contributed by atoms with E-state index < -0.39 is 104 Å². The van der Waals surface area contributed by atoms with Crippen LogP contribution >= 0.6 is 0 Å². The fourth-order valence-corrected chi connectivity index (χ4v) is 2.72. The van der Waals surface area contributed by atoms with Crippen LogP contribution in [0.4, 0.5) is 0 Å². The molecule has 36 heavy (non-hydrogen) atoms. The maximum atomic E-state index is 12.7. The van der Waals surface area contributed by atoms with Gasteiger partial charge >= 0.3 is 17.9 Å². The number of carboxylic acid groups (broad SMARTS) is 3. The highest BCUT2D eigenvalue weighted by Crippen LogP contribution is 2.05. The van der Waals surface area contributed by atoms with Gasteiger partial charge in [-0.15, -0.1) is 0 Å². The molecule has 0 bridgehead atoms. The highest BCUT2D eigenvalue weighted by molar-refractivity contribution is 5.96. The van der Waals surface area contributed by atoms with Crippen LogP contribution in [0.1, 0.15) is 44.9 Å². The number of amides is 5. The van der Waals surface area contributed by atoms with Crippen LogP contribution in [0.3, 0.4) is 0 Å². The van der Waals surface area contributed by atoms with Crippen LogP contribution in [0.15, 0.2) is 0 Å². The zero-order valence-electron chi connectivity index (χ0n) is 19.1. The first-order valence-corrected chi connectivity index (χ1v) is 10.5. The van der Waals surface area contributed by atoms with Crippen molar-refractivity contribution in [3.05, 3.63) is 0 Å². The third-order valence-electron chi connectivity index (χ3n) is 4.62. The number of hydrogen-bond acceptors (Lipinski definition) is 9. The second-order valence-corrected chi connectivity index (χ2v) is 7.67. The summed E-state index contributed by atoms with van der Waals surface area (Å²) < 4.78 is 0. The van der Waals surface area contributed by atoms with Gasteiger partial charge in [-0.2, -0.15) is 0 Å². The first-order chi connectivity index (χ1) is 16.6. The molecule has 0 aromatic heterocycles. The average molecular weight is 518 g/mol. The Labute approximate surface area is 204 Å². The Morgan fingerprint density at radius 2 is 1.03 bits per heavy atom. The van der Waals surface area contributed by atoms with Crippen molar-refractivity contribution in [2.24, 2.45) is 17.2 Å². The monoisotopic (exact) mass is 518 g/mol. The van der Waals surface area contributed by atoms with Crippen LogP contribution in [0.5, 0.6) is 0 Å². The molecule has 12 N–H and O–H groups in total. The van der Waals surface area contributed by atoms with Gasteiger partial charge in [-0.05, 0) is 19.3 Å². The van der Waals surface area contributed by atoms with Crippen molar-refractivity contribution in [1.29, 1.82) is 0 Å². The number of nitrogens with one attached hydrogen (secondary N) is 3. The maximum absolute atomic E-state index is 12.7. The minimum Gasteiger partial charge on any atom is -0.481 e. The Bertz CT molecular complexity index is 878. The topological polar surface area (TPSA) is 311 Å².